The molecule has 1 aliphatic heterocycles. The number of pyridine rings is 1. The molecule has 4 rings (SSSR count). The maximum absolute atomic E-state index is 12.6. The van der Waals surface area contributed by atoms with E-state index in [9.17, 15) is 4.79 Å². The molecule has 0 aliphatic carbocycles. The van der Waals surface area contributed by atoms with Crippen LogP contribution < -0.4 is 4.90 Å². The lowest BCUT2D eigenvalue weighted by molar-refractivity contribution is -0.130. The molecule has 0 bridgehead atoms. The van der Waals surface area contributed by atoms with E-state index in [0.717, 1.165) is 42.6 Å². The van der Waals surface area contributed by atoms with Crippen LogP contribution in [0.5, 0.6) is 0 Å². The molecular weight excluding hydrogens is 344 g/mol. The summed E-state index contributed by atoms with van der Waals surface area (Å²) in [6.07, 6.45) is 2.11. The van der Waals surface area contributed by atoms with Crippen LogP contribution in [0.25, 0.3) is 10.7 Å². The molecule has 26 heavy (non-hydrogen) atoms. The number of piperazine rings is 1. The van der Waals surface area contributed by atoms with Crippen molar-refractivity contribution in [2.45, 2.75) is 6.42 Å². The zero-order chi connectivity index (χ0) is 17.8. The Kier molecular flexibility index (Phi) is 4.93. The Labute approximate surface area is 156 Å². The van der Waals surface area contributed by atoms with Crippen LogP contribution in [0, 0.1) is 0 Å². The molecule has 3 aromatic rings. The number of benzene rings is 1. The molecule has 1 aromatic carbocycles. The Bertz CT molecular complexity index is 858. The molecular formula is C20H20N4OS. The van der Waals surface area contributed by atoms with Gasteiger partial charge in [0, 0.05) is 43.4 Å². The van der Waals surface area contributed by atoms with Crippen LogP contribution in [0.15, 0.2) is 60.1 Å². The van der Waals surface area contributed by atoms with E-state index >= 15 is 0 Å². The van der Waals surface area contributed by atoms with Crippen molar-refractivity contribution in [3.8, 4) is 10.7 Å². The summed E-state index contributed by atoms with van der Waals surface area (Å²) in [5.41, 5.74) is 2.90. The summed E-state index contributed by atoms with van der Waals surface area (Å²) < 4.78 is 0. The maximum atomic E-state index is 12.6. The van der Waals surface area contributed by atoms with E-state index in [1.807, 2.05) is 46.7 Å². The predicted octanol–water partition coefficient (Wildman–Crippen LogP) is 3.10. The molecule has 0 N–H and O–H groups in total. The van der Waals surface area contributed by atoms with Crippen molar-refractivity contribution >= 4 is 22.9 Å². The summed E-state index contributed by atoms with van der Waals surface area (Å²) >= 11 is 1.54. The number of aromatic nitrogens is 2. The summed E-state index contributed by atoms with van der Waals surface area (Å²) in [4.78, 5) is 25.8. The van der Waals surface area contributed by atoms with E-state index in [4.69, 9.17) is 0 Å². The zero-order valence-corrected chi connectivity index (χ0v) is 15.2. The number of nitrogens with zero attached hydrogens (tertiary/aromatic N) is 4. The quantitative estimate of drug-likeness (QED) is 0.714. The Balaban J connectivity index is 1.34. The average molecular weight is 364 g/mol. The van der Waals surface area contributed by atoms with Crippen LogP contribution in [0.3, 0.4) is 0 Å². The molecule has 5 nitrogen and oxygen atoms in total. The van der Waals surface area contributed by atoms with E-state index in [1.54, 1.807) is 6.20 Å². The third-order valence-corrected chi connectivity index (χ3v) is 5.44. The Morgan fingerprint density at radius 1 is 1.00 bits per heavy atom. The van der Waals surface area contributed by atoms with Crippen LogP contribution in [0.1, 0.15) is 5.69 Å². The topological polar surface area (TPSA) is 49.3 Å². The maximum Gasteiger partial charge on any atom is 0.228 e. The van der Waals surface area contributed by atoms with Gasteiger partial charge >= 0.3 is 0 Å². The van der Waals surface area contributed by atoms with Crippen molar-refractivity contribution in [3.05, 3.63) is 65.8 Å². The molecule has 2 aromatic heterocycles. The van der Waals surface area contributed by atoms with E-state index in [0.29, 0.717) is 6.42 Å². The molecule has 1 saturated heterocycles. The molecule has 6 heteroatoms. The second-order valence-corrected chi connectivity index (χ2v) is 7.10. The highest BCUT2D eigenvalue weighted by molar-refractivity contribution is 7.13. The fourth-order valence-corrected chi connectivity index (χ4v) is 3.91. The first-order valence-electron chi connectivity index (χ1n) is 8.73. The van der Waals surface area contributed by atoms with Crippen LogP contribution >= 0.6 is 11.3 Å². The minimum absolute atomic E-state index is 0.149. The smallest absolute Gasteiger partial charge is 0.228 e. The summed E-state index contributed by atoms with van der Waals surface area (Å²) in [5.74, 6) is 0.149. The standard InChI is InChI=1S/C20H20N4OS/c25-19(14-16-15-26-20(22-16)18-8-4-5-9-21-18)24-12-10-23(11-13-24)17-6-2-1-3-7-17/h1-9,15H,10-14H2. The van der Waals surface area contributed by atoms with Crippen LogP contribution in [0.4, 0.5) is 5.69 Å². The first kappa shape index (κ1) is 16.7. The number of hydrogen-bond acceptors (Lipinski definition) is 5. The molecule has 0 radical (unpaired) electrons. The van der Waals surface area contributed by atoms with Gasteiger partial charge in [-0.1, -0.05) is 24.3 Å². The molecule has 1 amide bonds. The number of amides is 1. The van der Waals surface area contributed by atoms with Gasteiger partial charge < -0.3 is 9.80 Å². The number of carbonyl (C=O) groups excluding carboxylic acids is 1. The first-order chi connectivity index (χ1) is 12.8. The highest BCUT2D eigenvalue weighted by Gasteiger charge is 2.22. The number of rotatable bonds is 4. The molecule has 0 unspecified atom stereocenters. The van der Waals surface area contributed by atoms with Gasteiger partial charge in [-0.25, -0.2) is 4.98 Å². The van der Waals surface area contributed by atoms with Crippen LogP contribution in [-0.4, -0.2) is 47.0 Å². The molecule has 0 atom stereocenters. The number of para-hydroxylation sites is 1. The summed E-state index contributed by atoms with van der Waals surface area (Å²) in [7, 11) is 0. The van der Waals surface area contributed by atoms with Gasteiger partial charge in [-0.3, -0.25) is 9.78 Å². The highest BCUT2D eigenvalue weighted by Crippen LogP contribution is 2.22. The van der Waals surface area contributed by atoms with Gasteiger partial charge in [0.2, 0.25) is 5.91 Å². The third kappa shape index (κ3) is 3.75. The SMILES string of the molecule is O=C(Cc1csc(-c2ccccn2)n1)N1CCN(c2ccccc2)CC1. The van der Waals surface area contributed by atoms with Gasteiger partial charge in [-0.05, 0) is 24.3 Å². The van der Waals surface area contributed by atoms with Crippen molar-refractivity contribution in [1.29, 1.82) is 0 Å². The molecule has 1 aliphatic rings. The highest BCUT2D eigenvalue weighted by atomic mass is 32.1. The number of carbonyl (C=O) groups is 1. The van der Waals surface area contributed by atoms with E-state index in [-0.39, 0.29) is 5.91 Å². The number of thiazole rings is 1. The minimum atomic E-state index is 0.149. The molecule has 132 valence electrons. The number of hydrogen-bond donors (Lipinski definition) is 0. The van der Waals surface area contributed by atoms with Crippen molar-refractivity contribution in [2.24, 2.45) is 0 Å². The summed E-state index contributed by atoms with van der Waals surface area (Å²) in [5, 5.41) is 2.82. The lowest BCUT2D eigenvalue weighted by atomic mass is 10.2. The van der Waals surface area contributed by atoms with Gasteiger partial charge in [0.1, 0.15) is 5.01 Å². The number of anilines is 1. The lowest BCUT2D eigenvalue weighted by Crippen LogP contribution is -2.49. The fraction of sp³-hybridized carbons (Fsp3) is 0.250. The van der Waals surface area contributed by atoms with Crippen LogP contribution in [-0.2, 0) is 11.2 Å². The fourth-order valence-electron chi connectivity index (χ4n) is 3.11. The minimum Gasteiger partial charge on any atom is -0.368 e. The molecule has 0 spiro atoms. The lowest BCUT2D eigenvalue weighted by Gasteiger charge is -2.36. The van der Waals surface area contributed by atoms with Gasteiger partial charge in [0.25, 0.3) is 0 Å². The van der Waals surface area contributed by atoms with Crippen molar-refractivity contribution in [2.75, 3.05) is 31.1 Å². The van der Waals surface area contributed by atoms with Crippen LogP contribution in [0.2, 0.25) is 0 Å². The van der Waals surface area contributed by atoms with Crippen molar-refractivity contribution in [1.82, 2.24) is 14.9 Å². The average Bonchev–Trinajstić information content (AvgIpc) is 3.18. The predicted molar refractivity (Wildman–Crippen MR) is 104 cm³/mol. The van der Waals surface area contributed by atoms with Gasteiger partial charge in [0.05, 0.1) is 17.8 Å². The largest absolute Gasteiger partial charge is 0.368 e. The Morgan fingerprint density at radius 3 is 2.50 bits per heavy atom. The second kappa shape index (κ2) is 7.66. The summed E-state index contributed by atoms with van der Waals surface area (Å²) in [6, 6.07) is 16.1. The molecule has 3 heterocycles. The van der Waals surface area contributed by atoms with Gasteiger partial charge in [-0.15, -0.1) is 11.3 Å². The second-order valence-electron chi connectivity index (χ2n) is 6.24. The van der Waals surface area contributed by atoms with Crippen molar-refractivity contribution in [3.63, 3.8) is 0 Å². The third-order valence-electron chi connectivity index (χ3n) is 4.52. The monoisotopic (exact) mass is 364 g/mol. The Morgan fingerprint density at radius 2 is 1.77 bits per heavy atom. The van der Waals surface area contributed by atoms with Gasteiger partial charge in [-0.2, -0.15) is 0 Å². The zero-order valence-electron chi connectivity index (χ0n) is 14.4. The Hall–Kier alpha value is -2.73. The molecule has 1 fully saturated rings. The normalized spacial score (nSPS) is 14.5. The van der Waals surface area contributed by atoms with Gasteiger partial charge in [0.15, 0.2) is 0 Å². The summed E-state index contributed by atoms with van der Waals surface area (Å²) in [6.45, 7) is 3.24. The first-order valence-corrected chi connectivity index (χ1v) is 9.61. The van der Waals surface area contributed by atoms with E-state index in [2.05, 4.69) is 27.0 Å². The van der Waals surface area contributed by atoms with E-state index < -0.39 is 0 Å². The molecule has 0 saturated carbocycles. The van der Waals surface area contributed by atoms with Crippen molar-refractivity contribution < 1.29 is 4.79 Å². The van der Waals surface area contributed by atoms with E-state index in [1.165, 1.54) is 17.0 Å².